The van der Waals surface area contributed by atoms with Gasteiger partial charge in [0, 0.05) is 17.9 Å². The van der Waals surface area contributed by atoms with Crippen LogP contribution in [0.4, 0.5) is 10.9 Å². The van der Waals surface area contributed by atoms with Crippen LogP contribution in [0.3, 0.4) is 0 Å². The number of rotatable bonds is 6. The molecular formula is C18H16N4O4S. The number of carbonyl (C=O) groups is 1. The molecule has 3 aromatic rings. The Morgan fingerprint density at radius 2 is 1.93 bits per heavy atom. The average Bonchev–Trinajstić information content (AvgIpc) is 3.09. The third-order valence-corrected chi connectivity index (χ3v) is 4.37. The minimum absolute atomic E-state index is 0.0553. The van der Waals surface area contributed by atoms with Crippen LogP contribution in [0.2, 0.25) is 0 Å². The van der Waals surface area contributed by atoms with Gasteiger partial charge in [-0.05, 0) is 29.0 Å². The van der Waals surface area contributed by atoms with Crippen molar-refractivity contribution in [1.82, 2.24) is 9.97 Å². The maximum absolute atomic E-state index is 12.1. The lowest BCUT2D eigenvalue weighted by Gasteiger charge is -2.06. The Labute approximate surface area is 159 Å². The highest BCUT2D eigenvalue weighted by Gasteiger charge is 2.19. The molecule has 0 fully saturated rings. The van der Waals surface area contributed by atoms with Gasteiger partial charge in [0.25, 0.3) is 5.91 Å². The molecule has 0 aliphatic rings. The van der Waals surface area contributed by atoms with Gasteiger partial charge in [-0.15, -0.1) is 11.3 Å². The molecule has 0 aliphatic carbocycles. The zero-order valence-electron chi connectivity index (χ0n) is 14.6. The number of aryl methyl sites for hydroxylation is 2. The maximum atomic E-state index is 12.1. The molecule has 1 N–H and O–H groups in total. The van der Waals surface area contributed by atoms with E-state index in [1.165, 1.54) is 17.4 Å². The molecule has 8 nitrogen and oxygen atoms in total. The summed E-state index contributed by atoms with van der Waals surface area (Å²) in [7, 11) is 0. The Morgan fingerprint density at radius 3 is 2.63 bits per heavy atom. The predicted octanol–water partition coefficient (Wildman–Crippen LogP) is 3.75. The molecule has 1 amide bonds. The number of amides is 1. The molecule has 27 heavy (non-hydrogen) atoms. The van der Waals surface area contributed by atoms with Gasteiger partial charge in [0.05, 0.1) is 5.69 Å². The van der Waals surface area contributed by atoms with Crippen molar-refractivity contribution in [2.45, 2.75) is 13.8 Å². The second-order valence-corrected chi connectivity index (χ2v) is 6.63. The van der Waals surface area contributed by atoms with Crippen molar-refractivity contribution in [1.29, 1.82) is 0 Å². The topological polar surface area (TPSA) is 107 Å². The number of hydrogen-bond acceptors (Lipinski definition) is 7. The number of pyridine rings is 1. The number of carbonyl (C=O) groups excluding carboxylic acids is 1. The first kappa shape index (κ1) is 18.5. The minimum Gasteiger partial charge on any atom is -0.476 e. The summed E-state index contributed by atoms with van der Waals surface area (Å²) in [4.78, 5) is 30.6. The zero-order valence-corrected chi connectivity index (χ0v) is 15.4. The van der Waals surface area contributed by atoms with Crippen LogP contribution in [0.25, 0.3) is 11.3 Å². The quantitative estimate of drug-likeness (QED) is 0.512. The van der Waals surface area contributed by atoms with Crippen LogP contribution in [-0.2, 0) is 4.79 Å². The molecule has 0 saturated heterocycles. The molecule has 2 aromatic heterocycles. The molecule has 1 aromatic carbocycles. The van der Waals surface area contributed by atoms with Gasteiger partial charge in [-0.1, -0.05) is 29.8 Å². The van der Waals surface area contributed by atoms with E-state index in [1.54, 1.807) is 13.0 Å². The second-order valence-electron chi connectivity index (χ2n) is 5.77. The molecule has 0 bridgehead atoms. The lowest BCUT2D eigenvalue weighted by Crippen LogP contribution is -2.20. The lowest BCUT2D eigenvalue weighted by molar-refractivity contribution is -0.390. The highest BCUT2D eigenvalue weighted by atomic mass is 32.1. The predicted molar refractivity (Wildman–Crippen MR) is 102 cm³/mol. The molecule has 3 rings (SSSR count). The average molecular weight is 384 g/mol. The van der Waals surface area contributed by atoms with Crippen LogP contribution < -0.4 is 10.1 Å². The van der Waals surface area contributed by atoms with E-state index >= 15 is 0 Å². The standard InChI is InChI=1S/C18H16N4O4S/c1-11-3-6-13(7-4-11)14-10-27-18(20-14)21-16(23)9-26-15-8-5-12(2)19-17(15)22(24)25/h3-8,10H,9H2,1-2H3,(H,20,21,23). The number of nitro groups is 1. The van der Waals surface area contributed by atoms with E-state index in [4.69, 9.17) is 4.74 Å². The number of thiazole rings is 1. The van der Waals surface area contributed by atoms with E-state index in [0.29, 0.717) is 10.8 Å². The van der Waals surface area contributed by atoms with Crippen LogP contribution in [0.15, 0.2) is 41.8 Å². The summed E-state index contributed by atoms with van der Waals surface area (Å²) >= 11 is 1.29. The molecule has 0 saturated carbocycles. The number of benzene rings is 1. The molecule has 0 aliphatic heterocycles. The number of anilines is 1. The van der Waals surface area contributed by atoms with Gasteiger partial charge in [0.1, 0.15) is 5.69 Å². The second kappa shape index (κ2) is 7.92. The largest absolute Gasteiger partial charge is 0.476 e. The number of nitrogens with zero attached hydrogens (tertiary/aromatic N) is 3. The van der Waals surface area contributed by atoms with Gasteiger partial charge in [-0.25, -0.2) is 4.98 Å². The van der Waals surface area contributed by atoms with Gasteiger partial charge in [-0.3, -0.25) is 10.1 Å². The summed E-state index contributed by atoms with van der Waals surface area (Å²) in [5, 5.41) is 15.9. The molecule has 138 valence electrons. The van der Waals surface area contributed by atoms with Crippen LogP contribution in [0.5, 0.6) is 5.75 Å². The number of aromatic nitrogens is 2. The van der Waals surface area contributed by atoms with Gasteiger partial charge < -0.3 is 14.9 Å². The highest BCUT2D eigenvalue weighted by Crippen LogP contribution is 2.26. The van der Waals surface area contributed by atoms with Crippen molar-refractivity contribution in [2.24, 2.45) is 0 Å². The van der Waals surface area contributed by atoms with Crippen LogP contribution in [-0.4, -0.2) is 27.4 Å². The molecule has 0 atom stereocenters. The van der Waals surface area contributed by atoms with Crippen molar-refractivity contribution >= 4 is 28.2 Å². The van der Waals surface area contributed by atoms with Crippen molar-refractivity contribution in [3.63, 3.8) is 0 Å². The van der Waals surface area contributed by atoms with E-state index in [2.05, 4.69) is 15.3 Å². The highest BCUT2D eigenvalue weighted by molar-refractivity contribution is 7.14. The lowest BCUT2D eigenvalue weighted by atomic mass is 10.1. The van der Waals surface area contributed by atoms with E-state index < -0.39 is 16.6 Å². The van der Waals surface area contributed by atoms with E-state index in [9.17, 15) is 14.9 Å². The van der Waals surface area contributed by atoms with Crippen molar-refractivity contribution in [2.75, 3.05) is 11.9 Å². The summed E-state index contributed by atoms with van der Waals surface area (Å²) in [6, 6.07) is 10.9. The van der Waals surface area contributed by atoms with Gasteiger partial charge in [0.15, 0.2) is 11.7 Å². The zero-order chi connectivity index (χ0) is 19.4. The fourth-order valence-corrected chi connectivity index (χ4v) is 3.00. The van der Waals surface area contributed by atoms with Gasteiger partial charge in [0.2, 0.25) is 5.75 Å². The van der Waals surface area contributed by atoms with Gasteiger partial charge >= 0.3 is 5.82 Å². The summed E-state index contributed by atoms with van der Waals surface area (Å²) in [5.74, 6) is -0.936. The fraction of sp³-hybridized carbons (Fsp3) is 0.167. The van der Waals surface area contributed by atoms with Crippen molar-refractivity contribution < 1.29 is 14.5 Å². The SMILES string of the molecule is Cc1ccc(-c2csc(NC(=O)COc3ccc(C)nc3[N+](=O)[O-])n2)cc1. The maximum Gasteiger partial charge on any atom is 0.406 e. The molecule has 0 radical (unpaired) electrons. The van der Waals surface area contributed by atoms with Crippen LogP contribution in [0.1, 0.15) is 11.3 Å². The number of hydrogen-bond donors (Lipinski definition) is 1. The van der Waals surface area contributed by atoms with Crippen molar-refractivity contribution in [3.05, 3.63) is 63.1 Å². The smallest absolute Gasteiger partial charge is 0.406 e. The number of nitrogens with one attached hydrogen (secondary N) is 1. The van der Waals surface area contributed by atoms with E-state index in [-0.39, 0.29) is 12.4 Å². The Kier molecular flexibility index (Phi) is 5.41. The normalized spacial score (nSPS) is 10.4. The van der Waals surface area contributed by atoms with Crippen molar-refractivity contribution in [3.8, 4) is 17.0 Å². The van der Waals surface area contributed by atoms with E-state index in [1.807, 2.05) is 36.6 Å². The first-order valence-electron chi connectivity index (χ1n) is 7.99. The van der Waals surface area contributed by atoms with Crippen LogP contribution >= 0.6 is 11.3 Å². The first-order valence-corrected chi connectivity index (χ1v) is 8.87. The third-order valence-electron chi connectivity index (χ3n) is 3.61. The Hall–Kier alpha value is -3.33. The molecule has 9 heteroatoms. The Morgan fingerprint density at radius 1 is 1.19 bits per heavy atom. The third kappa shape index (κ3) is 4.64. The Balaban J connectivity index is 1.62. The molecule has 0 unspecified atom stereocenters. The summed E-state index contributed by atoms with van der Waals surface area (Å²) in [6.07, 6.45) is 0. The fourth-order valence-electron chi connectivity index (χ4n) is 2.26. The minimum atomic E-state index is -0.644. The Bertz CT molecular complexity index is 985. The molecular weight excluding hydrogens is 368 g/mol. The summed E-state index contributed by atoms with van der Waals surface area (Å²) < 4.78 is 5.25. The monoisotopic (exact) mass is 384 g/mol. The van der Waals surface area contributed by atoms with Gasteiger partial charge in [-0.2, -0.15) is 0 Å². The summed E-state index contributed by atoms with van der Waals surface area (Å²) in [6.45, 7) is 3.26. The van der Waals surface area contributed by atoms with Crippen LogP contribution in [0, 0.1) is 24.0 Å². The molecule has 2 heterocycles. The first-order chi connectivity index (χ1) is 12.9. The molecule has 0 spiro atoms. The summed E-state index contributed by atoms with van der Waals surface area (Å²) in [5.41, 5.74) is 3.36. The van der Waals surface area contributed by atoms with E-state index in [0.717, 1.165) is 16.8 Å². The number of ether oxygens (including phenoxy) is 1.